The third-order valence-corrected chi connectivity index (χ3v) is 3.87. The summed E-state index contributed by atoms with van der Waals surface area (Å²) in [5.41, 5.74) is 1.13. The minimum Gasteiger partial charge on any atom is -0.393 e. The average molecular weight is 269 g/mol. The highest BCUT2D eigenvalue weighted by Crippen LogP contribution is 2.27. The first-order chi connectivity index (χ1) is 8.56. The van der Waals surface area contributed by atoms with Crippen LogP contribution in [0.4, 0.5) is 5.82 Å². The Balaban J connectivity index is 2.03. The Morgan fingerprint density at radius 3 is 2.61 bits per heavy atom. The number of nitrogens with zero attached hydrogens (tertiary/aromatic N) is 1. The molecule has 2 N–H and O–H groups in total. The maximum absolute atomic E-state index is 9.49. The number of rotatable bonds is 3. The van der Waals surface area contributed by atoms with Crippen LogP contribution in [0.3, 0.4) is 0 Å². The van der Waals surface area contributed by atoms with Crippen LogP contribution in [0.25, 0.3) is 0 Å². The molecule has 0 amide bonds. The van der Waals surface area contributed by atoms with E-state index in [1.807, 2.05) is 6.07 Å². The van der Waals surface area contributed by atoms with Crippen LogP contribution in [0.2, 0.25) is 5.02 Å². The number of hydrogen-bond acceptors (Lipinski definition) is 3. The molecule has 0 aromatic carbocycles. The summed E-state index contributed by atoms with van der Waals surface area (Å²) in [6.07, 6.45) is 5.36. The number of anilines is 1. The van der Waals surface area contributed by atoms with Gasteiger partial charge in [0.2, 0.25) is 0 Å². The number of aliphatic hydroxyl groups is 1. The molecule has 0 atom stereocenters. The summed E-state index contributed by atoms with van der Waals surface area (Å²) in [5.74, 6) is 1.29. The van der Waals surface area contributed by atoms with Crippen molar-refractivity contribution in [1.82, 2.24) is 4.98 Å². The second-order valence-corrected chi connectivity index (χ2v) is 5.80. The van der Waals surface area contributed by atoms with Crippen LogP contribution in [0.15, 0.2) is 12.3 Å². The predicted octanol–water partition coefficient (Wildman–Crippen LogP) is 3.57. The van der Waals surface area contributed by atoms with Crippen molar-refractivity contribution in [3.63, 3.8) is 0 Å². The van der Waals surface area contributed by atoms with Gasteiger partial charge < -0.3 is 10.4 Å². The zero-order chi connectivity index (χ0) is 13.1. The zero-order valence-electron chi connectivity index (χ0n) is 11.0. The quantitative estimate of drug-likeness (QED) is 0.881. The SMILES string of the molecule is CC(C)c1cc(NC2CCC(O)CC2)ncc1Cl. The van der Waals surface area contributed by atoms with Crippen molar-refractivity contribution in [3.05, 3.63) is 22.8 Å². The number of aliphatic hydroxyl groups excluding tert-OH is 1. The van der Waals surface area contributed by atoms with E-state index in [9.17, 15) is 5.11 Å². The molecule has 100 valence electrons. The van der Waals surface area contributed by atoms with Crippen molar-refractivity contribution in [2.24, 2.45) is 0 Å². The highest BCUT2D eigenvalue weighted by molar-refractivity contribution is 6.31. The lowest BCUT2D eigenvalue weighted by Crippen LogP contribution is -2.28. The molecule has 0 saturated heterocycles. The summed E-state index contributed by atoms with van der Waals surface area (Å²) in [5, 5.41) is 13.7. The van der Waals surface area contributed by atoms with Gasteiger partial charge in [-0.3, -0.25) is 0 Å². The van der Waals surface area contributed by atoms with Crippen LogP contribution in [0, 0.1) is 0 Å². The van der Waals surface area contributed by atoms with Crippen LogP contribution in [-0.2, 0) is 0 Å². The van der Waals surface area contributed by atoms with E-state index in [1.165, 1.54) is 0 Å². The molecular weight excluding hydrogens is 248 g/mol. The molecule has 0 aliphatic heterocycles. The Hall–Kier alpha value is -0.800. The number of nitrogens with one attached hydrogen (secondary N) is 1. The summed E-state index contributed by atoms with van der Waals surface area (Å²) >= 11 is 6.13. The first-order valence-electron chi connectivity index (χ1n) is 6.66. The molecule has 1 heterocycles. The molecule has 18 heavy (non-hydrogen) atoms. The molecule has 0 radical (unpaired) electrons. The minimum absolute atomic E-state index is 0.118. The Labute approximate surface area is 114 Å². The van der Waals surface area contributed by atoms with Gasteiger partial charge in [-0.1, -0.05) is 25.4 Å². The van der Waals surface area contributed by atoms with Gasteiger partial charge in [-0.2, -0.15) is 0 Å². The van der Waals surface area contributed by atoms with Gasteiger partial charge in [0.15, 0.2) is 0 Å². The normalized spacial score (nSPS) is 24.3. The van der Waals surface area contributed by atoms with Crippen molar-refractivity contribution in [2.75, 3.05) is 5.32 Å². The van der Waals surface area contributed by atoms with Gasteiger partial charge in [-0.15, -0.1) is 0 Å². The summed E-state index contributed by atoms with van der Waals surface area (Å²) in [6.45, 7) is 4.25. The number of halogens is 1. The second kappa shape index (κ2) is 5.89. The summed E-state index contributed by atoms with van der Waals surface area (Å²) in [6, 6.07) is 2.46. The van der Waals surface area contributed by atoms with Gasteiger partial charge in [0, 0.05) is 12.2 Å². The number of hydrogen-bond donors (Lipinski definition) is 2. The fourth-order valence-corrected chi connectivity index (χ4v) is 2.73. The lowest BCUT2D eigenvalue weighted by molar-refractivity contribution is 0.126. The molecule has 1 aromatic heterocycles. The standard InChI is InChI=1S/C14H21ClN2O/c1-9(2)12-7-14(16-8-13(12)15)17-10-3-5-11(18)6-4-10/h7-11,18H,3-6H2,1-2H3,(H,16,17). The van der Waals surface area contributed by atoms with Crippen molar-refractivity contribution in [3.8, 4) is 0 Å². The molecule has 0 unspecified atom stereocenters. The number of pyridine rings is 1. The molecule has 1 saturated carbocycles. The maximum atomic E-state index is 9.49. The molecule has 0 bridgehead atoms. The molecule has 1 aliphatic rings. The number of aromatic nitrogens is 1. The van der Waals surface area contributed by atoms with Gasteiger partial charge >= 0.3 is 0 Å². The van der Waals surface area contributed by atoms with Crippen LogP contribution in [0.5, 0.6) is 0 Å². The highest BCUT2D eigenvalue weighted by atomic mass is 35.5. The highest BCUT2D eigenvalue weighted by Gasteiger charge is 2.19. The van der Waals surface area contributed by atoms with E-state index in [1.54, 1.807) is 6.20 Å². The maximum Gasteiger partial charge on any atom is 0.126 e. The molecule has 1 fully saturated rings. The van der Waals surface area contributed by atoms with Crippen LogP contribution >= 0.6 is 11.6 Å². The van der Waals surface area contributed by atoms with E-state index >= 15 is 0 Å². The Bertz CT molecular complexity index is 401. The fourth-order valence-electron chi connectivity index (χ4n) is 2.40. The molecule has 1 aliphatic carbocycles. The van der Waals surface area contributed by atoms with Crippen molar-refractivity contribution < 1.29 is 5.11 Å². The van der Waals surface area contributed by atoms with Crippen LogP contribution in [-0.4, -0.2) is 22.2 Å². The molecule has 3 nitrogen and oxygen atoms in total. The summed E-state index contributed by atoms with van der Waals surface area (Å²) < 4.78 is 0. The van der Waals surface area contributed by atoms with Gasteiger partial charge in [-0.05, 0) is 43.2 Å². The van der Waals surface area contributed by atoms with Crippen molar-refractivity contribution in [2.45, 2.75) is 57.6 Å². The molecule has 0 spiro atoms. The van der Waals surface area contributed by atoms with E-state index in [4.69, 9.17) is 11.6 Å². The van der Waals surface area contributed by atoms with E-state index < -0.39 is 0 Å². The average Bonchev–Trinajstić information content (AvgIpc) is 2.34. The Morgan fingerprint density at radius 1 is 1.33 bits per heavy atom. The van der Waals surface area contributed by atoms with Gasteiger partial charge in [0.1, 0.15) is 5.82 Å². The lowest BCUT2D eigenvalue weighted by atomic mass is 9.93. The zero-order valence-corrected chi connectivity index (χ0v) is 11.7. The molecule has 1 aromatic rings. The Kier molecular flexibility index (Phi) is 4.46. The van der Waals surface area contributed by atoms with Gasteiger partial charge in [0.05, 0.1) is 11.1 Å². The topological polar surface area (TPSA) is 45.1 Å². The van der Waals surface area contributed by atoms with Gasteiger partial charge in [-0.25, -0.2) is 4.98 Å². The van der Waals surface area contributed by atoms with E-state index in [-0.39, 0.29) is 6.10 Å². The van der Waals surface area contributed by atoms with Crippen LogP contribution < -0.4 is 5.32 Å². The second-order valence-electron chi connectivity index (χ2n) is 5.40. The monoisotopic (exact) mass is 268 g/mol. The van der Waals surface area contributed by atoms with E-state index in [0.717, 1.165) is 42.1 Å². The Morgan fingerprint density at radius 2 is 2.00 bits per heavy atom. The van der Waals surface area contributed by atoms with E-state index in [0.29, 0.717) is 12.0 Å². The van der Waals surface area contributed by atoms with Crippen LogP contribution in [0.1, 0.15) is 51.0 Å². The molecular formula is C14H21ClN2O. The predicted molar refractivity (Wildman–Crippen MR) is 75.2 cm³/mol. The van der Waals surface area contributed by atoms with Crippen molar-refractivity contribution >= 4 is 17.4 Å². The first kappa shape index (κ1) is 13.6. The summed E-state index contributed by atoms with van der Waals surface area (Å²) in [4.78, 5) is 4.33. The van der Waals surface area contributed by atoms with Gasteiger partial charge in [0.25, 0.3) is 0 Å². The molecule has 4 heteroatoms. The lowest BCUT2D eigenvalue weighted by Gasteiger charge is -2.26. The largest absolute Gasteiger partial charge is 0.393 e. The van der Waals surface area contributed by atoms with E-state index in [2.05, 4.69) is 24.1 Å². The first-order valence-corrected chi connectivity index (χ1v) is 7.04. The third-order valence-electron chi connectivity index (χ3n) is 3.56. The van der Waals surface area contributed by atoms with Crippen molar-refractivity contribution in [1.29, 1.82) is 0 Å². The smallest absolute Gasteiger partial charge is 0.126 e. The summed E-state index contributed by atoms with van der Waals surface area (Å²) in [7, 11) is 0. The fraction of sp³-hybridized carbons (Fsp3) is 0.643. The third kappa shape index (κ3) is 3.36. The minimum atomic E-state index is -0.118. The molecule has 2 rings (SSSR count).